The van der Waals surface area contributed by atoms with Crippen molar-refractivity contribution in [1.29, 1.82) is 0 Å². The van der Waals surface area contributed by atoms with Crippen molar-refractivity contribution in [2.24, 2.45) is 0 Å². The van der Waals surface area contributed by atoms with E-state index in [2.05, 4.69) is 5.32 Å². The molecular weight excluding hydrogens is 200 g/mol. The molecule has 3 N–H and O–H groups in total. The van der Waals surface area contributed by atoms with Crippen molar-refractivity contribution >= 4 is 17.3 Å². The minimum absolute atomic E-state index is 0.239. The predicted octanol–water partition coefficient (Wildman–Crippen LogP) is 1.58. The summed E-state index contributed by atoms with van der Waals surface area (Å²) in [6.07, 6.45) is 0. The van der Waals surface area contributed by atoms with Gasteiger partial charge in [0.15, 0.2) is 0 Å². The summed E-state index contributed by atoms with van der Waals surface area (Å²) in [5.74, 6) is 0. The Morgan fingerprint density at radius 2 is 2.36 bits per heavy atom. The van der Waals surface area contributed by atoms with Gasteiger partial charge in [0.1, 0.15) is 0 Å². The van der Waals surface area contributed by atoms with Gasteiger partial charge in [-0.25, -0.2) is 0 Å². The first-order valence-corrected chi connectivity index (χ1v) is 5.01. The molecule has 14 heavy (non-hydrogen) atoms. The van der Waals surface area contributed by atoms with E-state index in [9.17, 15) is 0 Å². The quantitative estimate of drug-likeness (QED) is 0.695. The lowest BCUT2D eigenvalue weighted by atomic mass is 10.1. The Balaban J connectivity index is 2.18. The van der Waals surface area contributed by atoms with Crippen LogP contribution in [0.3, 0.4) is 0 Å². The molecule has 0 aliphatic carbocycles. The zero-order chi connectivity index (χ0) is 9.97. The molecule has 1 fully saturated rings. The summed E-state index contributed by atoms with van der Waals surface area (Å²) in [6, 6.07) is 5.94. The number of ether oxygens (including phenoxy) is 1. The van der Waals surface area contributed by atoms with Gasteiger partial charge in [0, 0.05) is 6.54 Å². The summed E-state index contributed by atoms with van der Waals surface area (Å²) >= 11 is 5.84. The molecule has 1 aliphatic heterocycles. The fraction of sp³-hybridized carbons (Fsp3) is 0.400. The standard InChI is InChI=1S/C10H13ClN2O/c11-8-2-1-7(5-9(8)12)10-6-14-4-3-13-10/h1-2,5,10,13H,3-4,6,12H2/t10-/m1/s1. The highest BCUT2D eigenvalue weighted by Gasteiger charge is 2.15. The second kappa shape index (κ2) is 4.17. The zero-order valence-corrected chi connectivity index (χ0v) is 8.55. The van der Waals surface area contributed by atoms with Gasteiger partial charge in [-0.3, -0.25) is 0 Å². The third kappa shape index (κ3) is 2.00. The average molecular weight is 213 g/mol. The maximum absolute atomic E-state index is 5.84. The van der Waals surface area contributed by atoms with E-state index < -0.39 is 0 Å². The summed E-state index contributed by atoms with van der Waals surface area (Å²) in [5.41, 5.74) is 7.48. The fourth-order valence-electron chi connectivity index (χ4n) is 1.56. The Morgan fingerprint density at radius 1 is 1.50 bits per heavy atom. The van der Waals surface area contributed by atoms with E-state index in [1.807, 2.05) is 18.2 Å². The lowest BCUT2D eigenvalue weighted by molar-refractivity contribution is 0.0769. The highest BCUT2D eigenvalue weighted by atomic mass is 35.5. The zero-order valence-electron chi connectivity index (χ0n) is 7.79. The first-order valence-electron chi connectivity index (χ1n) is 4.63. The number of anilines is 1. The minimum atomic E-state index is 0.239. The molecule has 2 rings (SSSR count). The predicted molar refractivity (Wildman–Crippen MR) is 57.4 cm³/mol. The summed E-state index contributed by atoms with van der Waals surface area (Å²) in [4.78, 5) is 0. The molecule has 0 amide bonds. The molecule has 1 aromatic carbocycles. The van der Waals surface area contributed by atoms with Gasteiger partial charge in [-0.1, -0.05) is 17.7 Å². The minimum Gasteiger partial charge on any atom is -0.398 e. The number of nitrogens with two attached hydrogens (primary N) is 1. The molecule has 0 bridgehead atoms. The van der Waals surface area contributed by atoms with Gasteiger partial charge in [-0.05, 0) is 17.7 Å². The van der Waals surface area contributed by atoms with Crippen molar-refractivity contribution in [3.63, 3.8) is 0 Å². The molecule has 0 aromatic heterocycles. The van der Waals surface area contributed by atoms with Crippen LogP contribution in [-0.4, -0.2) is 19.8 Å². The molecule has 0 saturated carbocycles. The molecule has 0 radical (unpaired) electrons. The first kappa shape index (κ1) is 9.77. The maximum atomic E-state index is 5.84. The van der Waals surface area contributed by atoms with Gasteiger partial charge in [0.25, 0.3) is 0 Å². The number of hydrogen-bond donors (Lipinski definition) is 2. The van der Waals surface area contributed by atoms with Crippen LogP contribution in [0, 0.1) is 0 Å². The highest BCUT2D eigenvalue weighted by molar-refractivity contribution is 6.33. The van der Waals surface area contributed by atoms with Gasteiger partial charge in [0.2, 0.25) is 0 Å². The number of hydrogen-bond acceptors (Lipinski definition) is 3. The lowest BCUT2D eigenvalue weighted by Gasteiger charge is -2.24. The SMILES string of the molecule is Nc1cc([C@H]2COCCN2)ccc1Cl. The van der Waals surface area contributed by atoms with E-state index >= 15 is 0 Å². The first-order chi connectivity index (χ1) is 6.77. The fourth-order valence-corrected chi connectivity index (χ4v) is 1.68. The van der Waals surface area contributed by atoms with Crippen LogP contribution < -0.4 is 11.1 Å². The van der Waals surface area contributed by atoms with Crippen LogP contribution >= 0.6 is 11.6 Å². The number of rotatable bonds is 1. The number of benzene rings is 1. The van der Waals surface area contributed by atoms with Crippen molar-refractivity contribution < 1.29 is 4.74 Å². The molecule has 1 aromatic rings. The molecule has 0 unspecified atom stereocenters. The Hall–Kier alpha value is -0.770. The number of morpholine rings is 1. The van der Waals surface area contributed by atoms with Gasteiger partial charge in [-0.15, -0.1) is 0 Å². The lowest BCUT2D eigenvalue weighted by Crippen LogP contribution is -2.34. The highest BCUT2D eigenvalue weighted by Crippen LogP contribution is 2.24. The summed E-state index contributed by atoms with van der Waals surface area (Å²) in [7, 11) is 0. The van der Waals surface area contributed by atoms with E-state index in [-0.39, 0.29) is 6.04 Å². The van der Waals surface area contributed by atoms with E-state index in [0.717, 1.165) is 18.7 Å². The van der Waals surface area contributed by atoms with Crippen LogP contribution in [0.5, 0.6) is 0 Å². The Bertz CT molecular complexity index is 324. The summed E-state index contributed by atoms with van der Waals surface area (Å²) in [5, 5.41) is 3.96. The maximum Gasteiger partial charge on any atom is 0.0662 e. The molecule has 1 saturated heterocycles. The second-order valence-corrected chi connectivity index (χ2v) is 3.77. The van der Waals surface area contributed by atoms with Crippen molar-refractivity contribution in [2.75, 3.05) is 25.5 Å². The summed E-state index contributed by atoms with van der Waals surface area (Å²) in [6.45, 7) is 2.36. The van der Waals surface area contributed by atoms with Crippen LogP contribution in [0.15, 0.2) is 18.2 Å². The third-order valence-electron chi connectivity index (χ3n) is 2.34. The molecule has 0 spiro atoms. The molecule has 1 atom stereocenters. The Morgan fingerprint density at radius 3 is 3.00 bits per heavy atom. The van der Waals surface area contributed by atoms with Crippen LogP contribution in [0.25, 0.3) is 0 Å². The van der Waals surface area contributed by atoms with Gasteiger partial charge >= 0.3 is 0 Å². The topological polar surface area (TPSA) is 47.3 Å². The van der Waals surface area contributed by atoms with E-state index in [1.165, 1.54) is 0 Å². The van der Waals surface area contributed by atoms with Crippen LogP contribution in [0.1, 0.15) is 11.6 Å². The second-order valence-electron chi connectivity index (χ2n) is 3.36. The molecule has 1 heterocycles. The normalized spacial score (nSPS) is 22.2. The molecule has 76 valence electrons. The van der Waals surface area contributed by atoms with Crippen LogP contribution in [-0.2, 0) is 4.74 Å². The smallest absolute Gasteiger partial charge is 0.0662 e. The van der Waals surface area contributed by atoms with Gasteiger partial charge in [0.05, 0.1) is 30.0 Å². The van der Waals surface area contributed by atoms with Crippen molar-refractivity contribution in [2.45, 2.75) is 6.04 Å². The average Bonchev–Trinajstić information content (AvgIpc) is 2.23. The monoisotopic (exact) mass is 212 g/mol. The Labute approximate surface area is 88.2 Å². The van der Waals surface area contributed by atoms with Crippen molar-refractivity contribution in [3.05, 3.63) is 28.8 Å². The molecule has 1 aliphatic rings. The molecule has 4 heteroatoms. The Kier molecular flexibility index (Phi) is 2.91. The number of nitrogens with one attached hydrogen (secondary N) is 1. The van der Waals surface area contributed by atoms with Crippen LogP contribution in [0.2, 0.25) is 5.02 Å². The van der Waals surface area contributed by atoms with Gasteiger partial charge < -0.3 is 15.8 Å². The van der Waals surface area contributed by atoms with E-state index in [4.69, 9.17) is 22.1 Å². The largest absolute Gasteiger partial charge is 0.398 e. The summed E-state index contributed by atoms with van der Waals surface area (Å²) < 4.78 is 5.37. The molecule has 3 nitrogen and oxygen atoms in total. The van der Waals surface area contributed by atoms with Gasteiger partial charge in [-0.2, -0.15) is 0 Å². The molecular formula is C10H13ClN2O. The van der Waals surface area contributed by atoms with Crippen molar-refractivity contribution in [1.82, 2.24) is 5.32 Å². The number of halogens is 1. The van der Waals surface area contributed by atoms with Crippen molar-refractivity contribution in [3.8, 4) is 0 Å². The third-order valence-corrected chi connectivity index (χ3v) is 2.69. The van der Waals surface area contributed by atoms with Crippen LogP contribution in [0.4, 0.5) is 5.69 Å². The van der Waals surface area contributed by atoms with E-state index in [0.29, 0.717) is 17.3 Å². The van der Waals surface area contributed by atoms with E-state index in [1.54, 1.807) is 0 Å². The number of nitrogen functional groups attached to an aromatic ring is 1.